The summed E-state index contributed by atoms with van der Waals surface area (Å²) in [6, 6.07) is 0.121. The molecule has 4 nitrogen and oxygen atoms in total. The van der Waals surface area contributed by atoms with Crippen molar-refractivity contribution in [3.05, 3.63) is 18.2 Å². The summed E-state index contributed by atoms with van der Waals surface area (Å²) in [6.07, 6.45) is 3.97. The van der Waals surface area contributed by atoms with Crippen LogP contribution >= 0.6 is 0 Å². The number of imidazole rings is 1. The van der Waals surface area contributed by atoms with E-state index in [0.717, 1.165) is 5.69 Å². The van der Waals surface area contributed by atoms with Crippen LogP contribution in [0.3, 0.4) is 0 Å². The molecule has 98 valence electrons. The molecule has 0 saturated heterocycles. The van der Waals surface area contributed by atoms with E-state index >= 15 is 0 Å². The van der Waals surface area contributed by atoms with Gasteiger partial charge in [0.1, 0.15) is 0 Å². The first-order valence-electron chi connectivity index (χ1n) is 6.16. The molecule has 17 heavy (non-hydrogen) atoms. The maximum Gasteiger partial charge on any atom is 0.0947 e. The number of rotatable bonds is 5. The Balaban J connectivity index is 2.97. The van der Waals surface area contributed by atoms with Gasteiger partial charge in [0.15, 0.2) is 0 Å². The zero-order valence-electron chi connectivity index (χ0n) is 11.8. The van der Waals surface area contributed by atoms with Crippen molar-refractivity contribution in [2.24, 2.45) is 12.5 Å². The Hall–Kier alpha value is -0.870. The second-order valence-corrected chi connectivity index (χ2v) is 5.47. The maximum atomic E-state index is 5.91. The van der Waals surface area contributed by atoms with Crippen LogP contribution in [0.2, 0.25) is 0 Å². The lowest BCUT2D eigenvalue weighted by Gasteiger charge is -2.35. The highest BCUT2D eigenvalue weighted by molar-refractivity contribution is 5.08. The van der Waals surface area contributed by atoms with Crippen LogP contribution in [0.15, 0.2) is 12.5 Å². The van der Waals surface area contributed by atoms with Gasteiger partial charge in [0, 0.05) is 19.9 Å². The van der Waals surface area contributed by atoms with E-state index in [0.29, 0.717) is 6.61 Å². The predicted octanol–water partition coefficient (Wildman–Crippen LogP) is 2.13. The zero-order valence-corrected chi connectivity index (χ0v) is 11.8. The van der Waals surface area contributed by atoms with Gasteiger partial charge in [-0.15, -0.1) is 0 Å². The molecule has 1 rings (SSSR count). The molecule has 0 aliphatic heterocycles. The fourth-order valence-electron chi connectivity index (χ4n) is 2.07. The quantitative estimate of drug-likeness (QED) is 0.855. The minimum atomic E-state index is 0.0706. The van der Waals surface area contributed by atoms with Crippen molar-refractivity contribution in [3.63, 3.8) is 0 Å². The van der Waals surface area contributed by atoms with E-state index in [2.05, 4.69) is 31.1 Å². The van der Waals surface area contributed by atoms with Gasteiger partial charge in [0.25, 0.3) is 0 Å². The number of nitrogens with one attached hydrogen (secondary N) is 1. The SMILES string of the molecule is CCOC(C(NC)c1cn(C)cn1)C(C)(C)C. The molecule has 0 bridgehead atoms. The molecule has 1 N–H and O–H groups in total. The highest BCUT2D eigenvalue weighted by atomic mass is 16.5. The van der Waals surface area contributed by atoms with Crippen LogP contribution in [0, 0.1) is 5.41 Å². The summed E-state index contributed by atoms with van der Waals surface area (Å²) >= 11 is 0. The highest BCUT2D eigenvalue weighted by Crippen LogP contribution is 2.31. The van der Waals surface area contributed by atoms with E-state index in [-0.39, 0.29) is 17.6 Å². The van der Waals surface area contributed by atoms with Gasteiger partial charge >= 0.3 is 0 Å². The topological polar surface area (TPSA) is 39.1 Å². The van der Waals surface area contributed by atoms with Crippen LogP contribution in [-0.2, 0) is 11.8 Å². The Labute approximate surface area is 104 Å². The van der Waals surface area contributed by atoms with Crippen molar-refractivity contribution in [1.82, 2.24) is 14.9 Å². The van der Waals surface area contributed by atoms with E-state index in [1.54, 1.807) is 0 Å². The van der Waals surface area contributed by atoms with Gasteiger partial charge in [-0.2, -0.15) is 0 Å². The van der Waals surface area contributed by atoms with Crippen LogP contribution in [0.4, 0.5) is 0 Å². The van der Waals surface area contributed by atoms with E-state index in [9.17, 15) is 0 Å². The van der Waals surface area contributed by atoms with Crippen LogP contribution in [-0.4, -0.2) is 29.3 Å². The first-order valence-corrected chi connectivity index (χ1v) is 6.16. The number of ether oxygens (including phenoxy) is 1. The van der Waals surface area contributed by atoms with Gasteiger partial charge in [0.05, 0.1) is 24.2 Å². The molecular formula is C13H25N3O. The Morgan fingerprint density at radius 2 is 2.12 bits per heavy atom. The van der Waals surface area contributed by atoms with Crippen LogP contribution < -0.4 is 5.32 Å². The third-order valence-corrected chi connectivity index (χ3v) is 2.86. The monoisotopic (exact) mass is 239 g/mol. The van der Waals surface area contributed by atoms with Gasteiger partial charge < -0.3 is 14.6 Å². The largest absolute Gasteiger partial charge is 0.376 e. The summed E-state index contributed by atoms with van der Waals surface area (Å²) in [5, 5.41) is 3.32. The molecule has 0 aliphatic carbocycles. The van der Waals surface area contributed by atoms with Crippen LogP contribution in [0.5, 0.6) is 0 Å². The second kappa shape index (κ2) is 5.65. The van der Waals surface area contributed by atoms with Crippen molar-refractivity contribution in [1.29, 1.82) is 0 Å². The maximum absolute atomic E-state index is 5.91. The lowest BCUT2D eigenvalue weighted by Crippen LogP contribution is -2.41. The number of likely N-dealkylation sites (N-methyl/N-ethyl adjacent to an activating group) is 1. The molecule has 0 aliphatic rings. The smallest absolute Gasteiger partial charge is 0.0947 e. The van der Waals surface area contributed by atoms with Crippen molar-refractivity contribution in [3.8, 4) is 0 Å². The summed E-state index contributed by atoms with van der Waals surface area (Å²) in [7, 11) is 3.94. The molecule has 1 aromatic heterocycles. The van der Waals surface area contributed by atoms with Crippen LogP contribution in [0.1, 0.15) is 39.4 Å². The molecule has 4 heteroatoms. The Morgan fingerprint density at radius 3 is 2.47 bits per heavy atom. The molecule has 1 aromatic rings. The van der Waals surface area contributed by atoms with Crippen molar-refractivity contribution in [2.75, 3.05) is 13.7 Å². The number of aryl methyl sites for hydroxylation is 1. The molecule has 2 atom stereocenters. The Kier molecular flexibility index (Phi) is 4.71. The second-order valence-electron chi connectivity index (χ2n) is 5.47. The summed E-state index contributed by atoms with van der Waals surface area (Å²) < 4.78 is 7.87. The summed E-state index contributed by atoms with van der Waals surface area (Å²) in [4.78, 5) is 4.42. The summed E-state index contributed by atoms with van der Waals surface area (Å²) in [5.41, 5.74) is 1.10. The van der Waals surface area contributed by atoms with E-state index in [1.807, 2.05) is 38.1 Å². The van der Waals surface area contributed by atoms with Crippen molar-refractivity contribution < 1.29 is 4.74 Å². The number of hydrogen-bond donors (Lipinski definition) is 1. The molecular weight excluding hydrogens is 214 g/mol. The van der Waals surface area contributed by atoms with Gasteiger partial charge in [-0.3, -0.25) is 0 Å². The Bertz CT molecular complexity index is 341. The minimum Gasteiger partial charge on any atom is -0.376 e. The van der Waals surface area contributed by atoms with Gasteiger partial charge in [-0.1, -0.05) is 20.8 Å². The molecule has 0 spiro atoms. The zero-order chi connectivity index (χ0) is 13.1. The Morgan fingerprint density at radius 1 is 1.47 bits per heavy atom. The lowest BCUT2D eigenvalue weighted by atomic mass is 9.83. The highest BCUT2D eigenvalue weighted by Gasteiger charge is 2.34. The molecule has 0 saturated carbocycles. The molecule has 0 amide bonds. The average Bonchev–Trinajstić information content (AvgIpc) is 2.63. The number of hydrogen-bond acceptors (Lipinski definition) is 3. The number of aromatic nitrogens is 2. The van der Waals surface area contributed by atoms with Crippen molar-refractivity contribution >= 4 is 0 Å². The molecule has 1 heterocycles. The molecule has 0 radical (unpaired) electrons. The summed E-state index contributed by atoms with van der Waals surface area (Å²) in [5.74, 6) is 0. The fraction of sp³-hybridized carbons (Fsp3) is 0.769. The van der Waals surface area contributed by atoms with Gasteiger partial charge in [0.2, 0.25) is 0 Å². The van der Waals surface area contributed by atoms with Gasteiger partial charge in [-0.25, -0.2) is 4.98 Å². The fourth-order valence-corrected chi connectivity index (χ4v) is 2.07. The molecule has 0 aromatic carbocycles. The molecule has 0 fully saturated rings. The van der Waals surface area contributed by atoms with Crippen LogP contribution in [0.25, 0.3) is 0 Å². The van der Waals surface area contributed by atoms with Gasteiger partial charge in [-0.05, 0) is 19.4 Å². The van der Waals surface area contributed by atoms with E-state index in [1.165, 1.54) is 0 Å². The normalized spacial score (nSPS) is 15.9. The predicted molar refractivity (Wildman–Crippen MR) is 69.9 cm³/mol. The average molecular weight is 239 g/mol. The third-order valence-electron chi connectivity index (χ3n) is 2.86. The first kappa shape index (κ1) is 14.2. The molecule has 2 unspecified atom stereocenters. The van der Waals surface area contributed by atoms with E-state index < -0.39 is 0 Å². The summed E-state index contributed by atoms with van der Waals surface area (Å²) in [6.45, 7) is 9.33. The third kappa shape index (κ3) is 3.54. The standard InChI is InChI=1S/C13H25N3O/c1-7-17-12(13(2,3)4)11(14-5)10-8-16(6)9-15-10/h8-9,11-12,14H,7H2,1-6H3. The number of nitrogens with zero attached hydrogens (tertiary/aromatic N) is 2. The van der Waals surface area contributed by atoms with Crippen molar-refractivity contribution in [2.45, 2.75) is 39.8 Å². The minimum absolute atomic E-state index is 0.0706. The lowest BCUT2D eigenvalue weighted by molar-refractivity contribution is -0.0358. The van der Waals surface area contributed by atoms with E-state index in [4.69, 9.17) is 4.74 Å². The first-order chi connectivity index (χ1) is 7.90.